The first-order valence-corrected chi connectivity index (χ1v) is 8.28. The molecule has 0 amide bonds. The van der Waals surface area contributed by atoms with Crippen LogP contribution >= 0.6 is 0 Å². The molecular formula is C16H16N6O6. The molecule has 0 spiro atoms. The van der Waals surface area contributed by atoms with E-state index < -0.39 is 36.1 Å². The molecule has 4 atom stereocenters. The molecule has 0 saturated carbocycles. The second-order valence-electron chi connectivity index (χ2n) is 6.29. The van der Waals surface area contributed by atoms with E-state index in [9.17, 15) is 25.4 Å². The summed E-state index contributed by atoms with van der Waals surface area (Å²) in [6, 6.07) is 5.75. The Kier molecular flexibility index (Phi) is 4.39. The molecule has 1 aliphatic heterocycles. The van der Waals surface area contributed by atoms with Gasteiger partial charge in [0, 0.05) is 17.7 Å². The number of anilines is 1. The van der Waals surface area contributed by atoms with Crippen LogP contribution in [0, 0.1) is 10.1 Å². The van der Waals surface area contributed by atoms with Crippen molar-refractivity contribution in [3.05, 3.63) is 40.7 Å². The second kappa shape index (κ2) is 6.76. The first kappa shape index (κ1) is 18.2. The Hall–Kier alpha value is -3.19. The smallest absolute Gasteiger partial charge is 0.270 e. The molecule has 2 aromatic heterocycles. The average molecular weight is 388 g/mol. The monoisotopic (exact) mass is 388 g/mol. The molecule has 12 heteroatoms. The van der Waals surface area contributed by atoms with Gasteiger partial charge < -0.3 is 25.8 Å². The summed E-state index contributed by atoms with van der Waals surface area (Å²) in [6.07, 6.45) is -3.31. The van der Waals surface area contributed by atoms with Gasteiger partial charge in [-0.05, 0) is 0 Å². The predicted molar refractivity (Wildman–Crippen MR) is 94.8 cm³/mol. The summed E-state index contributed by atoms with van der Waals surface area (Å²) in [4.78, 5) is 23.1. The number of aliphatic hydroxyl groups is 3. The van der Waals surface area contributed by atoms with Gasteiger partial charge >= 0.3 is 0 Å². The van der Waals surface area contributed by atoms with Crippen molar-refractivity contribution in [2.24, 2.45) is 0 Å². The van der Waals surface area contributed by atoms with E-state index in [1.165, 1.54) is 29.1 Å². The molecule has 4 rings (SSSR count). The fraction of sp³-hybridized carbons (Fsp3) is 0.312. The highest BCUT2D eigenvalue weighted by Crippen LogP contribution is 2.33. The highest BCUT2D eigenvalue weighted by atomic mass is 16.6. The third-order valence-electron chi connectivity index (χ3n) is 4.55. The molecule has 1 saturated heterocycles. The van der Waals surface area contributed by atoms with Crippen LogP contribution in [-0.4, -0.2) is 64.7 Å². The zero-order valence-corrected chi connectivity index (χ0v) is 14.3. The lowest BCUT2D eigenvalue weighted by Gasteiger charge is -2.16. The van der Waals surface area contributed by atoms with E-state index in [0.717, 1.165) is 0 Å². The molecule has 12 nitrogen and oxygen atoms in total. The van der Waals surface area contributed by atoms with Crippen molar-refractivity contribution in [2.45, 2.75) is 24.5 Å². The van der Waals surface area contributed by atoms with Crippen LogP contribution in [0.15, 0.2) is 30.6 Å². The van der Waals surface area contributed by atoms with Gasteiger partial charge in [0.25, 0.3) is 5.69 Å². The molecule has 1 aromatic carbocycles. The van der Waals surface area contributed by atoms with E-state index in [1.54, 1.807) is 6.07 Å². The number of nitrogens with zero attached hydrogens (tertiary/aromatic N) is 5. The molecule has 0 unspecified atom stereocenters. The Morgan fingerprint density at radius 3 is 2.75 bits per heavy atom. The van der Waals surface area contributed by atoms with Gasteiger partial charge in [-0.25, -0.2) is 15.0 Å². The quantitative estimate of drug-likeness (QED) is 0.339. The number of ether oxygens (including phenoxy) is 1. The Balaban J connectivity index is 1.82. The fourth-order valence-corrected chi connectivity index (χ4v) is 3.12. The average Bonchev–Trinajstić information content (AvgIpc) is 3.23. The number of nitrogen functional groups attached to an aromatic ring is 1. The van der Waals surface area contributed by atoms with Crippen LogP contribution in [0.1, 0.15) is 6.23 Å². The van der Waals surface area contributed by atoms with Crippen LogP contribution < -0.4 is 5.73 Å². The van der Waals surface area contributed by atoms with Crippen molar-refractivity contribution in [2.75, 3.05) is 12.3 Å². The number of hydrogen-bond acceptors (Lipinski definition) is 10. The number of aromatic nitrogens is 4. The minimum absolute atomic E-state index is 0.0389. The van der Waals surface area contributed by atoms with Gasteiger partial charge in [0.15, 0.2) is 23.5 Å². The maximum Gasteiger partial charge on any atom is 0.270 e. The van der Waals surface area contributed by atoms with Crippen molar-refractivity contribution in [3.8, 4) is 11.4 Å². The zero-order chi connectivity index (χ0) is 20.0. The standard InChI is InChI=1S/C16H16N6O6/c17-13-10-15(20-14(19-13)7-2-1-3-8(4-7)22(26)27)21(6-18-10)16-12(25)11(24)9(5-23)28-16/h1-4,6,9,11-12,16,23-25H,5H2,(H2,17,19,20)/t9-,11-,12-,16-/m1/s1. The minimum atomic E-state index is -1.33. The maximum absolute atomic E-state index is 11.0. The molecule has 1 fully saturated rings. The molecular weight excluding hydrogens is 372 g/mol. The number of imidazole rings is 1. The SMILES string of the molecule is Nc1nc(-c2cccc([N+](=O)[O-])c2)nc2c1ncn2[C@@H]1O[C@H](CO)[C@@H](O)[C@H]1O. The number of non-ortho nitro benzene ring substituents is 1. The lowest BCUT2D eigenvalue weighted by molar-refractivity contribution is -0.384. The van der Waals surface area contributed by atoms with Crippen LogP contribution in [-0.2, 0) is 4.74 Å². The first-order valence-electron chi connectivity index (χ1n) is 8.28. The lowest BCUT2D eigenvalue weighted by Crippen LogP contribution is -2.33. The Labute approximate surface area is 157 Å². The lowest BCUT2D eigenvalue weighted by atomic mass is 10.1. The van der Waals surface area contributed by atoms with Crippen molar-refractivity contribution >= 4 is 22.7 Å². The van der Waals surface area contributed by atoms with Gasteiger partial charge in [-0.15, -0.1) is 0 Å². The molecule has 3 heterocycles. The first-order chi connectivity index (χ1) is 13.4. The maximum atomic E-state index is 11.0. The van der Waals surface area contributed by atoms with Gasteiger partial charge in [-0.2, -0.15) is 0 Å². The Bertz CT molecular complexity index is 1060. The summed E-state index contributed by atoms with van der Waals surface area (Å²) in [5, 5.41) is 40.5. The molecule has 0 aliphatic carbocycles. The van der Waals surface area contributed by atoms with Crippen LogP contribution in [0.25, 0.3) is 22.6 Å². The minimum Gasteiger partial charge on any atom is -0.394 e. The number of hydrogen-bond donors (Lipinski definition) is 4. The van der Waals surface area contributed by atoms with Crippen molar-refractivity contribution in [1.29, 1.82) is 0 Å². The highest BCUT2D eigenvalue weighted by Gasteiger charge is 2.44. The van der Waals surface area contributed by atoms with Gasteiger partial charge in [-0.1, -0.05) is 12.1 Å². The van der Waals surface area contributed by atoms with Crippen LogP contribution in [0.5, 0.6) is 0 Å². The van der Waals surface area contributed by atoms with E-state index in [1.807, 2.05) is 0 Å². The molecule has 0 radical (unpaired) electrons. The van der Waals surface area contributed by atoms with E-state index in [-0.39, 0.29) is 28.5 Å². The third kappa shape index (κ3) is 2.84. The molecule has 5 N–H and O–H groups in total. The summed E-state index contributed by atoms with van der Waals surface area (Å²) in [5.41, 5.74) is 6.66. The number of nitrogens with two attached hydrogens (primary N) is 1. The highest BCUT2D eigenvalue weighted by molar-refractivity contribution is 5.84. The van der Waals surface area contributed by atoms with Crippen molar-refractivity contribution in [3.63, 3.8) is 0 Å². The topological polar surface area (TPSA) is 183 Å². The summed E-state index contributed by atoms with van der Waals surface area (Å²) in [7, 11) is 0. The van der Waals surface area contributed by atoms with Gasteiger partial charge in [0.05, 0.1) is 17.9 Å². The number of nitro groups is 1. The summed E-state index contributed by atoms with van der Waals surface area (Å²) < 4.78 is 6.88. The number of benzene rings is 1. The molecule has 3 aromatic rings. The van der Waals surface area contributed by atoms with Crippen molar-refractivity contribution in [1.82, 2.24) is 19.5 Å². The molecule has 146 valence electrons. The van der Waals surface area contributed by atoms with Crippen molar-refractivity contribution < 1.29 is 25.0 Å². The molecule has 1 aliphatic rings. The predicted octanol–water partition coefficient (Wildman–Crippen LogP) is -0.405. The normalized spacial score (nSPS) is 24.7. The van der Waals surface area contributed by atoms with Crippen LogP contribution in [0.3, 0.4) is 0 Å². The number of rotatable bonds is 4. The fourth-order valence-electron chi connectivity index (χ4n) is 3.12. The number of fused-ring (bicyclic) bond motifs is 1. The summed E-state index contributed by atoms with van der Waals surface area (Å²) in [5.74, 6) is 0.166. The van der Waals surface area contributed by atoms with E-state index >= 15 is 0 Å². The van der Waals surface area contributed by atoms with E-state index in [0.29, 0.717) is 5.56 Å². The third-order valence-corrected chi connectivity index (χ3v) is 4.55. The van der Waals surface area contributed by atoms with E-state index in [4.69, 9.17) is 10.5 Å². The second-order valence-corrected chi connectivity index (χ2v) is 6.29. The van der Waals surface area contributed by atoms with Gasteiger partial charge in [0.1, 0.15) is 23.8 Å². The summed E-state index contributed by atoms with van der Waals surface area (Å²) >= 11 is 0. The Morgan fingerprint density at radius 1 is 1.29 bits per heavy atom. The number of nitro benzene ring substituents is 1. The Morgan fingerprint density at radius 2 is 2.07 bits per heavy atom. The zero-order valence-electron chi connectivity index (χ0n) is 14.3. The van der Waals surface area contributed by atoms with Crippen LogP contribution in [0.4, 0.5) is 11.5 Å². The summed E-state index contributed by atoms with van der Waals surface area (Å²) in [6.45, 7) is -0.475. The molecule has 0 bridgehead atoms. The largest absolute Gasteiger partial charge is 0.394 e. The van der Waals surface area contributed by atoms with Gasteiger partial charge in [-0.3, -0.25) is 14.7 Å². The number of aliphatic hydroxyl groups excluding tert-OH is 3. The van der Waals surface area contributed by atoms with Crippen LogP contribution in [0.2, 0.25) is 0 Å². The van der Waals surface area contributed by atoms with Gasteiger partial charge in [0.2, 0.25) is 0 Å². The van der Waals surface area contributed by atoms with E-state index in [2.05, 4.69) is 15.0 Å². The molecule has 28 heavy (non-hydrogen) atoms.